The molecule has 0 unspecified atom stereocenters. The van der Waals surface area contributed by atoms with Gasteiger partial charge in [-0.2, -0.15) is 0 Å². The van der Waals surface area contributed by atoms with Crippen LogP contribution >= 0.6 is 11.6 Å². The van der Waals surface area contributed by atoms with E-state index in [1.165, 1.54) is 5.56 Å². The molecule has 0 fully saturated rings. The van der Waals surface area contributed by atoms with Crippen LogP contribution in [0.25, 0.3) is 0 Å². The lowest BCUT2D eigenvalue weighted by molar-refractivity contribution is 0.199. The minimum absolute atomic E-state index is 0.446. The lowest BCUT2D eigenvalue weighted by atomic mass is 10.1. The molecule has 1 N–H and O–H groups in total. The number of halogens is 1. The molecule has 0 atom stereocenters. The molecular weight excluding hydrogens is 326 g/mol. The molecule has 0 aromatic heterocycles. The summed E-state index contributed by atoms with van der Waals surface area (Å²) in [5.74, 6) is 1.21. The van der Waals surface area contributed by atoms with Crippen molar-refractivity contribution < 1.29 is 14.2 Å². The van der Waals surface area contributed by atoms with Gasteiger partial charge in [-0.05, 0) is 30.2 Å². The largest absolute Gasteiger partial charge is 0.493 e. The number of rotatable bonds is 9. The lowest BCUT2D eigenvalue weighted by Crippen LogP contribution is -2.18. The number of hydrogen-bond acceptors (Lipinski definition) is 4. The number of nitrogens with one attached hydrogen (secondary N) is 1. The zero-order chi connectivity index (χ0) is 17.4. The molecule has 2 aromatic rings. The third-order valence-corrected chi connectivity index (χ3v) is 3.89. The molecule has 0 aliphatic carbocycles. The molecule has 0 saturated carbocycles. The monoisotopic (exact) mass is 349 g/mol. The van der Waals surface area contributed by atoms with Gasteiger partial charge in [0.1, 0.15) is 6.61 Å². The highest BCUT2D eigenvalue weighted by molar-refractivity contribution is 6.32. The van der Waals surface area contributed by atoms with E-state index in [2.05, 4.69) is 24.4 Å². The van der Waals surface area contributed by atoms with Crippen molar-refractivity contribution in [2.75, 3.05) is 27.4 Å². The van der Waals surface area contributed by atoms with E-state index in [0.717, 1.165) is 17.7 Å². The van der Waals surface area contributed by atoms with Crippen LogP contribution in [0.2, 0.25) is 5.02 Å². The number of hydrogen-bond donors (Lipinski definition) is 1. The van der Waals surface area contributed by atoms with E-state index >= 15 is 0 Å². The maximum absolute atomic E-state index is 6.39. The van der Waals surface area contributed by atoms with Crippen molar-refractivity contribution in [2.45, 2.75) is 20.1 Å². The van der Waals surface area contributed by atoms with Gasteiger partial charge in [-0.15, -0.1) is 0 Å². The van der Waals surface area contributed by atoms with E-state index in [1.807, 2.05) is 24.3 Å². The Kier molecular flexibility index (Phi) is 7.37. The predicted octanol–water partition coefficient (Wildman–Crippen LogP) is 3.97. The Labute approximate surface area is 148 Å². The summed E-state index contributed by atoms with van der Waals surface area (Å²) in [4.78, 5) is 0. The Bertz CT molecular complexity index is 644. The van der Waals surface area contributed by atoms with Gasteiger partial charge < -0.3 is 19.5 Å². The third-order valence-electron chi connectivity index (χ3n) is 3.61. The smallest absolute Gasteiger partial charge is 0.180 e. The van der Waals surface area contributed by atoms with Gasteiger partial charge in [0.15, 0.2) is 11.5 Å². The van der Waals surface area contributed by atoms with Crippen LogP contribution < -0.4 is 14.8 Å². The molecular formula is C19H24ClNO3. The average Bonchev–Trinajstić information content (AvgIpc) is 2.59. The number of benzene rings is 2. The van der Waals surface area contributed by atoms with Crippen molar-refractivity contribution >= 4 is 11.6 Å². The van der Waals surface area contributed by atoms with Crippen molar-refractivity contribution in [3.63, 3.8) is 0 Å². The first-order valence-electron chi connectivity index (χ1n) is 7.88. The van der Waals surface area contributed by atoms with Crippen LogP contribution in [0.1, 0.15) is 16.7 Å². The Morgan fingerprint density at radius 2 is 1.79 bits per heavy atom. The van der Waals surface area contributed by atoms with Crippen LogP contribution in [0.15, 0.2) is 36.4 Å². The molecule has 0 aliphatic heterocycles. The van der Waals surface area contributed by atoms with Gasteiger partial charge in [-0.3, -0.25) is 0 Å². The van der Waals surface area contributed by atoms with Gasteiger partial charge in [-0.1, -0.05) is 41.4 Å². The quantitative estimate of drug-likeness (QED) is 0.695. The minimum atomic E-state index is 0.446. The van der Waals surface area contributed by atoms with Crippen LogP contribution in [0, 0.1) is 6.92 Å². The van der Waals surface area contributed by atoms with E-state index < -0.39 is 0 Å². The minimum Gasteiger partial charge on any atom is -0.493 e. The van der Waals surface area contributed by atoms with Crippen molar-refractivity contribution in [3.8, 4) is 11.5 Å². The number of methoxy groups -OCH3 is 2. The van der Waals surface area contributed by atoms with Crippen molar-refractivity contribution in [1.82, 2.24) is 5.32 Å². The van der Waals surface area contributed by atoms with Crippen LogP contribution in [-0.4, -0.2) is 27.4 Å². The summed E-state index contributed by atoms with van der Waals surface area (Å²) in [6, 6.07) is 12.1. The van der Waals surface area contributed by atoms with Gasteiger partial charge in [0, 0.05) is 20.2 Å². The van der Waals surface area contributed by atoms with Crippen molar-refractivity contribution in [1.29, 1.82) is 0 Å². The van der Waals surface area contributed by atoms with Crippen LogP contribution in [0.4, 0.5) is 0 Å². The molecule has 4 nitrogen and oxygen atoms in total. The molecule has 0 spiro atoms. The average molecular weight is 350 g/mol. The topological polar surface area (TPSA) is 39.7 Å². The van der Waals surface area contributed by atoms with Crippen molar-refractivity contribution in [2.24, 2.45) is 0 Å². The molecule has 2 rings (SSSR count). The SMILES string of the molecule is COCCNCc1cc(Cl)c(OCc2ccc(C)cc2)c(OC)c1. The van der Waals surface area contributed by atoms with Gasteiger partial charge in [0.2, 0.25) is 0 Å². The summed E-state index contributed by atoms with van der Waals surface area (Å²) in [5, 5.41) is 3.83. The normalized spacial score (nSPS) is 10.7. The van der Waals surface area contributed by atoms with Gasteiger partial charge in [0.05, 0.1) is 18.7 Å². The molecule has 0 bridgehead atoms. The van der Waals surface area contributed by atoms with E-state index in [0.29, 0.717) is 36.3 Å². The highest BCUT2D eigenvalue weighted by Crippen LogP contribution is 2.37. The summed E-state index contributed by atoms with van der Waals surface area (Å²) in [7, 11) is 3.30. The maximum atomic E-state index is 6.39. The first-order chi connectivity index (χ1) is 11.6. The highest BCUT2D eigenvalue weighted by Gasteiger charge is 2.12. The van der Waals surface area contributed by atoms with E-state index in [1.54, 1.807) is 14.2 Å². The predicted molar refractivity (Wildman–Crippen MR) is 97.1 cm³/mol. The molecule has 0 radical (unpaired) electrons. The Morgan fingerprint density at radius 1 is 1.04 bits per heavy atom. The van der Waals surface area contributed by atoms with Gasteiger partial charge in [0.25, 0.3) is 0 Å². The van der Waals surface area contributed by atoms with E-state index in [9.17, 15) is 0 Å². The van der Waals surface area contributed by atoms with Gasteiger partial charge >= 0.3 is 0 Å². The molecule has 0 heterocycles. The fraction of sp³-hybridized carbons (Fsp3) is 0.368. The molecule has 24 heavy (non-hydrogen) atoms. The second-order valence-electron chi connectivity index (χ2n) is 5.55. The first kappa shape index (κ1) is 18.6. The molecule has 130 valence electrons. The standard InChI is InChI=1S/C19H24ClNO3/c1-14-4-6-15(7-5-14)13-24-19-17(20)10-16(11-18(19)23-3)12-21-8-9-22-2/h4-7,10-11,21H,8-9,12-13H2,1-3H3. The van der Waals surface area contributed by atoms with E-state index in [-0.39, 0.29) is 0 Å². The van der Waals surface area contributed by atoms with Crippen molar-refractivity contribution in [3.05, 3.63) is 58.1 Å². The highest BCUT2D eigenvalue weighted by atomic mass is 35.5. The molecule has 2 aromatic carbocycles. The summed E-state index contributed by atoms with van der Waals surface area (Å²) in [5.41, 5.74) is 3.35. The van der Waals surface area contributed by atoms with Crippen LogP contribution in [0.3, 0.4) is 0 Å². The van der Waals surface area contributed by atoms with Crippen LogP contribution in [-0.2, 0) is 17.9 Å². The third kappa shape index (κ3) is 5.41. The van der Waals surface area contributed by atoms with Gasteiger partial charge in [-0.25, -0.2) is 0 Å². The Hall–Kier alpha value is -1.75. The molecule has 0 amide bonds. The summed E-state index contributed by atoms with van der Waals surface area (Å²) in [6.45, 7) is 4.65. The fourth-order valence-electron chi connectivity index (χ4n) is 2.26. The second-order valence-corrected chi connectivity index (χ2v) is 5.96. The summed E-state index contributed by atoms with van der Waals surface area (Å²) >= 11 is 6.39. The Morgan fingerprint density at radius 3 is 2.46 bits per heavy atom. The first-order valence-corrected chi connectivity index (χ1v) is 8.26. The zero-order valence-electron chi connectivity index (χ0n) is 14.4. The Balaban J connectivity index is 2.04. The van der Waals surface area contributed by atoms with E-state index in [4.69, 9.17) is 25.8 Å². The summed E-state index contributed by atoms with van der Waals surface area (Å²) in [6.07, 6.45) is 0. The lowest BCUT2D eigenvalue weighted by Gasteiger charge is -2.15. The molecule has 5 heteroatoms. The summed E-state index contributed by atoms with van der Waals surface area (Å²) < 4.78 is 16.3. The molecule has 0 saturated heterocycles. The maximum Gasteiger partial charge on any atom is 0.180 e. The number of ether oxygens (including phenoxy) is 3. The molecule has 0 aliphatic rings. The second kappa shape index (κ2) is 9.52. The zero-order valence-corrected chi connectivity index (χ0v) is 15.2. The van der Waals surface area contributed by atoms with Crippen LogP contribution in [0.5, 0.6) is 11.5 Å². The fourth-order valence-corrected chi connectivity index (χ4v) is 2.55. The number of aryl methyl sites for hydroxylation is 1.